The maximum atomic E-state index is 3.52. The summed E-state index contributed by atoms with van der Waals surface area (Å²) in [5.41, 5.74) is 1.37. The van der Waals surface area contributed by atoms with E-state index in [1.165, 1.54) is 38.0 Å². The third-order valence-electron chi connectivity index (χ3n) is 3.70. The van der Waals surface area contributed by atoms with Gasteiger partial charge in [-0.25, -0.2) is 0 Å². The highest BCUT2D eigenvalue weighted by Crippen LogP contribution is 2.15. The second-order valence-electron chi connectivity index (χ2n) is 5.39. The molecule has 0 unspecified atom stereocenters. The van der Waals surface area contributed by atoms with Crippen LogP contribution in [0.2, 0.25) is 0 Å². The van der Waals surface area contributed by atoms with Crippen molar-refractivity contribution in [1.29, 1.82) is 0 Å². The minimum atomic E-state index is 0.934. The normalized spacial score (nSPS) is 18.7. The van der Waals surface area contributed by atoms with Gasteiger partial charge in [0.1, 0.15) is 0 Å². The van der Waals surface area contributed by atoms with E-state index in [-0.39, 0.29) is 0 Å². The minimum absolute atomic E-state index is 0.934. The third kappa shape index (κ3) is 4.17. The molecule has 1 aromatic heterocycles. The van der Waals surface area contributed by atoms with Gasteiger partial charge in [-0.2, -0.15) is 0 Å². The van der Waals surface area contributed by atoms with Gasteiger partial charge in [0.15, 0.2) is 0 Å². The molecule has 2 heterocycles. The number of hydrogen-bond acceptors (Lipinski definition) is 2. The molecule has 0 saturated carbocycles. The van der Waals surface area contributed by atoms with E-state index in [0.717, 1.165) is 19.0 Å². The summed E-state index contributed by atoms with van der Waals surface area (Å²) in [5.74, 6) is 0.934. The maximum Gasteiger partial charge on any atom is 0.0221 e. The van der Waals surface area contributed by atoms with Gasteiger partial charge in [-0.15, -0.1) is 0 Å². The largest absolute Gasteiger partial charge is 0.357 e. The van der Waals surface area contributed by atoms with E-state index in [4.69, 9.17) is 0 Å². The predicted molar refractivity (Wildman–Crippen MR) is 72.0 cm³/mol. The molecule has 1 N–H and O–H groups in total. The molecule has 1 aromatic rings. The molecule has 96 valence electrons. The highest BCUT2D eigenvalue weighted by molar-refractivity contribution is 5.09. The van der Waals surface area contributed by atoms with Gasteiger partial charge in [0, 0.05) is 39.1 Å². The van der Waals surface area contributed by atoms with Gasteiger partial charge in [0.2, 0.25) is 0 Å². The molecular formula is C14H25N3. The lowest BCUT2D eigenvalue weighted by molar-refractivity contribution is 0.193. The van der Waals surface area contributed by atoms with Gasteiger partial charge in [-0.05, 0) is 43.5 Å². The Labute approximate surface area is 105 Å². The summed E-state index contributed by atoms with van der Waals surface area (Å²) in [4.78, 5) is 2.58. The Bertz CT molecular complexity index is 324. The van der Waals surface area contributed by atoms with Crippen LogP contribution in [-0.2, 0) is 13.6 Å². The molecule has 1 saturated heterocycles. The number of piperidine rings is 1. The molecule has 0 aliphatic carbocycles. The van der Waals surface area contributed by atoms with Crippen LogP contribution in [-0.4, -0.2) is 35.6 Å². The Kier molecular flexibility index (Phi) is 4.63. The zero-order valence-corrected chi connectivity index (χ0v) is 11.2. The number of likely N-dealkylation sites (tertiary alicyclic amines) is 1. The first-order valence-corrected chi connectivity index (χ1v) is 6.78. The Morgan fingerprint density at radius 2 is 2.12 bits per heavy atom. The molecular weight excluding hydrogens is 210 g/mol. The molecule has 2 rings (SSSR count). The fourth-order valence-electron chi connectivity index (χ4n) is 2.42. The Hall–Kier alpha value is -0.800. The number of hydrogen-bond donors (Lipinski definition) is 1. The zero-order valence-electron chi connectivity index (χ0n) is 11.2. The van der Waals surface area contributed by atoms with Crippen molar-refractivity contribution < 1.29 is 0 Å². The van der Waals surface area contributed by atoms with E-state index >= 15 is 0 Å². The van der Waals surface area contributed by atoms with Crippen LogP contribution in [0.15, 0.2) is 18.5 Å². The van der Waals surface area contributed by atoms with Crippen LogP contribution in [0.1, 0.15) is 25.3 Å². The second-order valence-corrected chi connectivity index (χ2v) is 5.39. The summed E-state index contributed by atoms with van der Waals surface area (Å²) in [6.07, 6.45) is 7.02. The molecule has 0 spiro atoms. The molecule has 0 bridgehead atoms. The lowest BCUT2D eigenvalue weighted by Gasteiger charge is -2.30. The number of aryl methyl sites for hydroxylation is 1. The first-order valence-electron chi connectivity index (χ1n) is 6.78. The van der Waals surface area contributed by atoms with Crippen molar-refractivity contribution in [2.24, 2.45) is 13.0 Å². The van der Waals surface area contributed by atoms with Gasteiger partial charge < -0.3 is 14.8 Å². The summed E-state index contributed by atoms with van der Waals surface area (Å²) < 4.78 is 2.10. The van der Waals surface area contributed by atoms with Crippen LogP contribution in [0.25, 0.3) is 0 Å². The first-order chi connectivity index (χ1) is 8.24. The van der Waals surface area contributed by atoms with Crippen molar-refractivity contribution >= 4 is 0 Å². The summed E-state index contributed by atoms with van der Waals surface area (Å²) in [7, 11) is 2.07. The second kappa shape index (κ2) is 6.22. The van der Waals surface area contributed by atoms with Gasteiger partial charge >= 0.3 is 0 Å². The van der Waals surface area contributed by atoms with E-state index in [9.17, 15) is 0 Å². The topological polar surface area (TPSA) is 20.2 Å². The van der Waals surface area contributed by atoms with Crippen molar-refractivity contribution in [3.05, 3.63) is 24.0 Å². The van der Waals surface area contributed by atoms with Gasteiger partial charge in [0.25, 0.3) is 0 Å². The third-order valence-corrected chi connectivity index (χ3v) is 3.70. The number of nitrogens with zero attached hydrogens (tertiary/aromatic N) is 2. The monoisotopic (exact) mass is 235 g/mol. The molecule has 17 heavy (non-hydrogen) atoms. The van der Waals surface area contributed by atoms with Crippen molar-refractivity contribution in [3.8, 4) is 0 Å². The van der Waals surface area contributed by atoms with E-state index in [2.05, 4.69) is 47.2 Å². The predicted octanol–water partition coefficient (Wildman–Crippen LogP) is 1.85. The summed E-state index contributed by atoms with van der Waals surface area (Å²) in [6, 6.07) is 2.18. The van der Waals surface area contributed by atoms with Crippen LogP contribution in [0, 0.1) is 5.92 Å². The van der Waals surface area contributed by atoms with E-state index in [0.29, 0.717) is 0 Å². The number of aromatic nitrogens is 1. The summed E-state index contributed by atoms with van der Waals surface area (Å²) in [5, 5.41) is 3.52. The standard InChI is InChI=1S/C14H25N3/c1-13-3-8-17(9-4-13)10-6-15-11-14-5-7-16(2)12-14/h5,7,12-13,15H,3-4,6,8-11H2,1-2H3. The number of nitrogens with one attached hydrogen (secondary N) is 1. The highest BCUT2D eigenvalue weighted by Gasteiger charge is 2.14. The molecule has 1 aliphatic heterocycles. The van der Waals surface area contributed by atoms with Gasteiger partial charge in [0.05, 0.1) is 0 Å². The van der Waals surface area contributed by atoms with Crippen LogP contribution < -0.4 is 5.32 Å². The van der Waals surface area contributed by atoms with Crippen LogP contribution in [0.5, 0.6) is 0 Å². The molecule has 3 nitrogen and oxygen atoms in total. The van der Waals surface area contributed by atoms with Crippen molar-refractivity contribution in [2.45, 2.75) is 26.3 Å². The van der Waals surface area contributed by atoms with E-state index in [1.54, 1.807) is 0 Å². The minimum Gasteiger partial charge on any atom is -0.357 e. The van der Waals surface area contributed by atoms with Crippen LogP contribution in [0.3, 0.4) is 0 Å². The summed E-state index contributed by atoms with van der Waals surface area (Å²) >= 11 is 0. The Morgan fingerprint density at radius 1 is 1.35 bits per heavy atom. The Balaban J connectivity index is 1.57. The SMILES string of the molecule is CC1CCN(CCNCc2ccn(C)c2)CC1. The molecule has 3 heteroatoms. The lowest BCUT2D eigenvalue weighted by Crippen LogP contribution is -2.37. The lowest BCUT2D eigenvalue weighted by atomic mass is 9.99. The fraction of sp³-hybridized carbons (Fsp3) is 0.714. The Morgan fingerprint density at radius 3 is 2.76 bits per heavy atom. The zero-order chi connectivity index (χ0) is 12.1. The highest BCUT2D eigenvalue weighted by atomic mass is 15.1. The average Bonchev–Trinajstić information content (AvgIpc) is 2.73. The molecule has 0 radical (unpaired) electrons. The molecule has 0 atom stereocenters. The van der Waals surface area contributed by atoms with Crippen molar-refractivity contribution in [2.75, 3.05) is 26.2 Å². The fourth-order valence-corrected chi connectivity index (χ4v) is 2.42. The molecule has 1 aliphatic rings. The maximum absolute atomic E-state index is 3.52. The van der Waals surface area contributed by atoms with Gasteiger partial charge in [-0.3, -0.25) is 0 Å². The first kappa shape index (κ1) is 12.7. The van der Waals surface area contributed by atoms with Crippen LogP contribution in [0.4, 0.5) is 0 Å². The quantitative estimate of drug-likeness (QED) is 0.786. The smallest absolute Gasteiger partial charge is 0.0221 e. The molecule has 0 aromatic carbocycles. The van der Waals surface area contributed by atoms with Crippen molar-refractivity contribution in [1.82, 2.24) is 14.8 Å². The van der Waals surface area contributed by atoms with Crippen LogP contribution >= 0.6 is 0 Å². The van der Waals surface area contributed by atoms with Gasteiger partial charge in [-0.1, -0.05) is 6.92 Å². The molecule has 0 amide bonds. The van der Waals surface area contributed by atoms with E-state index in [1.807, 2.05) is 0 Å². The number of rotatable bonds is 5. The summed E-state index contributed by atoms with van der Waals surface area (Å²) in [6.45, 7) is 8.22. The molecule has 1 fully saturated rings. The van der Waals surface area contributed by atoms with Crippen molar-refractivity contribution in [3.63, 3.8) is 0 Å². The van der Waals surface area contributed by atoms with E-state index < -0.39 is 0 Å². The average molecular weight is 235 g/mol.